The van der Waals surface area contributed by atoms with E-state index < -0.39 is 0 Å². The molecule has 4 nitrogen and oxygen atoms in total. The molecule has 1 unspecified atom stereocenters. The van der Waals surface area contributed by atoms with Crippen LogP contribution >= 0.6 is 0 Å². The first-order chi connectivity index (χ1) is 8.56. The molecule has 1 atom stereocenters. The third-order valence-corrected chi connectivity index (χ3v) is 2.48. The Morgan fingerprint density at radius 3 is 2.39 bits per heavy atom. The maximum atomic E-state index is 11.7. The molecule has 0 bridgehead atoms. The summed E-state index contributed by atoms with van der Waals surface area (Å²) in [5.74, 6) is 3.48. The summed E-state index contributed by atoms with van der Waals surface area (Å²) in [4.78, 5) is 11.7. The molecule has 4 heteroatoms. The zero-order valence-corrected chi connectivity index (χ0v) is 10.9. The van der Waals surface area contributed by atoms with Crippen molar-refractivity contribution in [2.45, 2.75) is 19.9 Å². The number of hydrogen-bond donors (Lipinski definition) is 2. The predicted octanol–water partition coefficient (Wildman–Crippen LogP) is 2.47. The largest absolute Gasteiger partial charge is 0.497 e. The molecule has 18 heavy (non-hydrogen) atoms. The first-order valence-corrected chi connectivity index (χ1v) is 5.74. The highest BCUT2D eigenvalue weighted by molar-refractivity contribution is 5.89. The zero-order chi connectivity index (χ0) is 13.5. The van der Waals surface area contributed by atoms with Crippen LogP contribution in [-0.2, 0) is 0 Å². The highest BCUT2D eigenvalue weighted by Crippen LogP contribution is 2.14. The third-order valence-electron chi connectivity index (χ3n) is 2.48. The summed E-state index contributed by atoms with van der Waals surface area (Å²) in [6.45, 7) is 3.91. The number of urea groups is 1. The van der Waals surface area contributed by atoms with Gasteiger partial charge in [0.1, 0.15) is 5.75 Å². The van der Waals surface area contributed by atoms with E-state index in [2.05, 4.69) is 16.6 Å². The molecule has 0 saturated carbocycles. The van der Waals surface area contributed by atoms with Gasteiger partial charge in [0.25, 0.3) is 0 Å². The summed E-state index contributed by atoms with van der Waals surface area (Å²) in [6, 6.07) is 6.49. The Kier molecular flexibility index (Phi) is 5.06. The van der Waals surface area contributed by atoms with Crippen LogP contribution in [-0.4, -0.2) is 19.2 Å². The molecule has 1 aromatic rings. The Hall–Kier alpha value is -2.15. The molecule has 0 spiro atoms. The van der Waals surface area contributed by atoms with Gasteiger partial charge in [-0.15, -0.1) is 6.42 Å². The Morgan fingerprint density at radius 2 is 1.94 bits per heavy atom. The zero-order valence-electron chi connectivity index (χ0n) is 10.9. The molecule has 0 aliphatic carbocycles. The summed E-state index contributed by atoms with van der Waals surface area (Å²) in [5, 5.41) is 5.44. The maximum Gasteiger partial charge on any atom is 0.320 e. The highest BCUT2D eigenvalue weighted by Gasteiger charge is 2.12. The summed E-state index contributed by atoms with van der Waals surface area (Å²) in [7, 11) is 1.59. The van der Waals surface area contributed by atoms with E-state index in [1.165, 1.54) is 0 Å². The molecule has 0 fully saturated rings. The molecule has 1 rings (SSSR count). The summed E-state index contributed by atoms with van der Waals surface area (Å²) < 4.78 is 5.03. The van der Waals surface area contributed by atoms with Crippen molar-refractivity contribution < 1.29 is 9.53 Å². The molecule has 2 amide bonds. The van der Waals surface area contributed by atoms with E-state index >= 15 is 0 Å². The molecule has 1 aromatic carbocycles. The fraction of sp³-hybridized carbons (Fsp3) is 0.357. The van der Waals surface area contributed by atoms with Crippen LogP contribution in [0.4, 0.5) is 10.5 Å². The van der Waals surface area contributed by atoms with Crippen LogP contribution < -0.4 is 15.4 Å². The van der Waals surface area contributed by atoms with Gasteiger partial charge < -0.3 is 15.4 Å². The standard InChI is InChI=1S/C14H18N2O2/c1-5-13(10(2)3)16-14(17)15-11-6-8-12(18-4)9-7-11/h1,6-10,13H,2-4H3,(H2,15,16,17). The van der Waals surface area contributed by atoms with Crippen LogP contribution in [0.1, 0.15) is 13.8 Å². The van der Waals surface area contributed by atoms with Crippen LogP contribution in [0, 0.1) is 18.3 Å². The van der Waals surface area contributed by atoms with Crippen LogP contribution in [0.2, 0.25) is 0 Å². The number of nitrogens with one attached hydrogen (secondary N) is 2. The molecule has 96 valence electrons. The van der Waals surface area contributed by atoms with Crippen molar-refractivity contribution >= 4 is 11.7 Å². The molecule has 0 aromatic heterocycles. The number of methoxy groups -OCH3 is 1. The molecule has 0 radical (unpaired) electrons. The fourth-order valence-corrected chi connectivity index (χ4v) is 1.38. The number of amides is 2. The van der Waals surface area contributed by atoms with Gasteiger partial charge in [-0.25, -0.2) is 4.79 Å². The minimum absolute atomic E-state index is 0.191. The minimum atomic E-state index is -0.309. The Balaban J connectivity index is 2.56. The first kappa shape index (κ1) is 13.9. The molecule has 0 aliphatic rings. The van der Waals surface area contributed by atoms with Gasteiger partial charge in [0.15, 0.2) is 0 Å². The summed E-state index contributed by atoms with van der Waals surface area (Å²) in [5.41, 5.74) is 0.688. The lowest BCUT2D eigenvalue weighted by atomic mass is 10.1. The number of hydrogen-bond acceptors (Lipinski definition) is 2. The number of rotatable bonds is 4. The minimum Gasteiger partial charge on any atom is -0.497 e. The van der Waals surface area contributed by atoms with Gasteiger partial charge in [-0.05, 0) is 30.2 Å². The molecule has 0 saturated heterocycles. The van der Waals surface area contributed by atoms with Crippen molar-refractivity contribution in [3.63, 3.8) is 0 Å². The van der Waals surface area contributed by atoms with E-state index in [1.54, 1.807) is 31.4 Å². The predicted molar refractivity (Wildman–Crippen MR) is 72.6 cm³/mol. The number of carbonyl (C=O) groups is 1. The van der Waals surface area contributed by atoms with Crippen LogP contribution in [0.25, 0.3) is 0 Å². The lowest BCUT2D eigenvalue weighted by Crippen LogP contribution is -2.40. The normalized spacial score (nSPS) is 11.5. The van der Waals surface area contributed by atoms with E-state index in [0.717, 1.165) is 5.75 Å². The van der Waals surface area contributed by atoms with Gasteiger partial charge in [-0.2, -0.15) is 0 Å². The van der Waals surface area contributed by atoms with Crippen molar-refractivity contribution in [2.75, 3.05) is 12.4 Å². The Bertz CT molecular complexity index is 432. The van der Waals surface area contributed by atoms with E-state index in [1.807, 2.05) is 13.8 Å². The number of anilines is 1. The second-order valence-electron chi connectivity index (χ2n) is 4.22. The number of benzene rings is 1. The van der Waals surface area contributed by atoms with E-state index in [0.29, 0.717) is 5.69 Å². The van der Waals surface area contributed by atoms with Crippen molar-refractivity contribution in [1.29, 1.82) is 0 Å². The van der Waals surface area contributed by atoms with E-state index in [9.17, 15) is 4.79 Å². The number of carbonyl (C=O) groups excluding carboxylic acids is 1. The smallest absolute Gasteiger partial charge is 0.320 e. The lowest BCUT2D eigenvalue weighted by molar-refractivity contribution is 0.248. The van der Waals surface area contributed by atoms with Gasteiger partial charge in [-0.1, -0.05) is 19.8 Å². The molecule has 0 aliphatic heterocycles. The van der Waals surface area contributed by atoms with Gasteiger partial charge in [0.05, 0.1) is 13.2 Å². The number of terminal acetylenes is 1. The summed E-state index contributed by atoms with van der Waals surface area (Å²) in [6.07, 6.45) is 5.34. The topological polar surface area (TPSA) is 50.4 Å². The molecule has 0 heterocycles. The van der Waals surface area contributed by atoms with Gasteiger partial charge in [-0.3, -0.25) is 0 Å². The van der Waals surface area contributed by atoms with Crippen molar-refractivity contribution in [3.8, 4) is 18.1 Å². The first-order valence-electron chi connectivity index (χ1n) is 5.74. The van der Waals surface area contributed by atoms with Crippen LogP contribution in [0.5, 0.6) is 5.75 Å². The number of ether oxygens (including phenoxy) is 1. The quantitative estimate of drug-likeness (QED) is 0.802. The molecular weight excluding hydrogens is 228 g/mol. The van der Waals surface area contributed by atoms with Crippen molar-refractivity contribution in [2.24, 2.45) is 5.92 Å². The molecule has 2 N–H and O–H groups in total. The van der Waals surface area contributed by atoms with Crippen LogP contribution in [0.3, 0.4) is 0 Å². The lowest BCUT2D eigenvalue weighted by Gasteiger charge is -2.17. The van der Waals surface area contributed by atoms with Crippen LogP contribution in [0.15, 0.2) is 24.3 Å². The van der Waals surface area contributed by atoms with Crippen molar-refractivity contribution in [3.05, 3.63) is 24.3 Å². The van der Waals surface area contributed by atoms with Gasteiger partial charge in [0.2, 0.25) is 0 Å². The Labute approximate surface area is 108 Å². The van der Waals surface area contributed by atoms with Crippen molar-refractivity contribution in [1.82, 2.24) is 5.32 Å². The monoisotopic (exact) mass is 246 g/mol. The summed E-state index contributed by atoms with van der Waals surface area (Å²) >= 11 is 0. The molecular formula is C14H18N2O2. The second-order valence-corrected chi connectivity index (χ2v) is 4.22. The Morgan fingerprint density at radius 1 is 1.33 bits per heavy atom. The van der Waals surface area contributed by atoms with Gasteiger partial charge in [0, 0.05) is 5.69 Å². The van der Waals surface area contributed by atoms with E-state index in [4.69, 9.17) is 11.2 Å². The third kappa shape index (κ3) is 4.02. The second kappa shape index (κ2) is 6.55. The average Bonchev–Trinajstić information content (AvgIpc) is 2.36. The van der Waals surface area contributed by atoms with Gasteiger partial charge >= 0.3 is 6.03 Å². The highest BCUT2D eigenvalue weighted by atomic mass is 16.5. The van der Waals surface area contributed by atoms with E-state index in [-0.39, 0.29) is 18.0 Å². The SMILES string of the molecule is C#CC(NC(=O)Nc1ccc(OC)cc1)C(C)C. The maximum absolute atomic E-state index is 11.7. The fourth-order valence-electron chi connectivity index (χ4n) is 1.38. The average molecular weight is 246 g/mol.